The van der Waals surface area contributed by atoms with Crippen LogP contribution in [-0.2, 0) is 70.3 Å². The molecule has 0 aliphatic rings. The maximum Gasteiger partial charge on any atom is 2.00 e. The van der Waals surface area contributed by atoms with Gasteiger partial charge in [0, 0.05) is 38.0 Å². The summed E-state index contributed by atoms with van der Waals surface area (Å²) in [5.41, 5.74) is 5.02. The third-order valence-corrected chi connectivity index (χ3v) is 8.23. The van der Waals surface area contributed by atoms with E-state index in [9.17, 15) is 0 Å². The monoisotopic (exact) mass is 1020 g/mol. The molecule has 8 heterocycles. The van der Waals surface area contributed by atoms with Crippen molar-refractivity contribution in [2.75, 3.05) is 0 Å². The third kappa shape index (κ3) is 5.49. The van der Waals surface area contributed by atoms with E-state index in [2.05, 4.69) is 44.5 Å². The molecule has 0 bridgehead atoms. The van der Waals surface area contributed by atoms with Gasteiger partial charge < -0.3 is 45.9 Å². The molecular weight excluding hydrogens is 999 g/mol. The summed E-state index contributed by atoms with van der Waals surface area (Å²) in [6.07, 6.45) is 23.4. The van der Waals surface area contributed by atoms with E-state index in [0.717, 1.165) is 66.0 Å². The van der Waals surface area contributed by atoms with E-state index in [4.69, 9.17) is 17.7 Å². The molecule has 0 atom stereocenters. The first kappa shape index (κ1) is 33.3. The van der Waals surface area contributed by atoms with Crippen LogP contribution in [0.5, 0.6) is 0 Å². The van der Waals surface area contributed by atoms with Gasteiger partial charge in [-0.3, -0.25) is 0 Å². The first-order valence-electron chi connectivity index (χ1n) is 14.9. The van der Waals surface area contributed by atoms with E-state index in [0.29, 0.717) is 23.2 Å². The van der Waals surface area contributed by atoms with E-state index in [1.165, 1.54) is 0 Å². The summed E-state index contributed by atoms with van der Waals surface area (Å²) in [5, 5.41) is 5.32. The van der Waals surface area contributed by atoms with Gasteiger partial charge in [0.05, 0.1) is 60.3 Å². The molecule has 0 saturated carbocycles. The van der Waals surface area contributed by atoms with Gasteiger partial charge in [0.15, 0.2) is 0 Å². The van der Waals surface area contributed by atoms with Crippen LogP contribution in [0.3, 0.4) is 0 Å². The number of aryl methyl sites for hydroxylation is 4. The van der Waals surface area contributed by atoms with Gasteiger partial charge in [-0.1, -0.05) is 56.8 Å². The molecule has 0 aliphatic heterocycles. The van der Waals surface area contributed by atoms with Gasteiger partial charge in [0.1, 0.15) is 0 Å². The van der Waals surface area contributed by atoms with Crippen LogP contribution in [0, 0.1) is 24.5 Å². The summed E-state index contributed by atoms with van der Waals surface area (Å²) in [5.74, 6) is 2.76. The number of benzene rings is 2. The summed E-state index contributed by atoms with van der Waals surface area (Å²) >= 11 is 0. The van der Waals surface area contributed by atoms with Crippen LogP contribution in [0.15, 0.2) is 92.3 Å². The molecule has 12 nitrogen and oxygen atoms in total. The fraction of sp³-hybridized carbons (Fsp3) is 0.111. The maximum atomic E-state index is 5.73. The predicted octanol–water partition coefficient (Wildman–Crippen LogP) is 7.16. The fourth-order valence-corrected chi connectivity index (χ4v) is 5.83. The van der Waals surface area contributed by atoms with Crippen molar-refractivity contribution in [3.05, 3.63) is 99.2 Å². The van der Waals surface area contributed by atoms with Gasteiger partial charge in [-0.25, -0.2) is 9.97 Å². The van der Waals surface area contributed by atoms with Crippen molar-refractivity contribution >= 4 is 43.5 Å². The summed E-state index contributed by atoms with van der Waals surface area (Å²) in [6, 6.07) is 10.8. The molecule has 10 aromatic rings. The molecule has 0 spiro atoms. The van der Waals surface area contributed by atoms with Crippen LogP contribution in [0.4, 0.5) is 0 Å². The van der Waals surface area contributed by atoms with Gasteiger partial charge >= 0.3 is 42.1 Å². The Morgan fingerprint density at radius 2 is 1.00 bits per heavy atom. The summed E-state index contributed by atoms with van der Waals surface area (Å²) < 4.78 is 30.4. The average molecular weight is 1020 g/mol. The van der Waals surface area contributed by atoms with Crippen molar-refractivity contribution in [1.29, 1.82) is 0 Å². The normalized spacial score (nSPS) is 11.3. The quantitative estimate of drug-likeness (QED) is 0.171. The second-order valence-corrected chi connectivity index (χ2v) is 11.6. The minimum atomic E-state index is 0. The van der Waals surface area contributed by atoms with Crippen LogP contribution in [0.2, 0.25) is 0 Å². The third-order valence-electron chi connectivity index (χ3n) is 8.23. The topological polar surface area (TPSA) is 124 Å². The van der Waals surface area contributed by atoms with Crippen molar-refractivity contribution < 1.29 is 59.8 Å². The van der Waals surface area contributed by atoms with Crippen molar-refractivity contribution in [1.82, 2.24) is 38.2 Å². The van der Waals surface area contributed by atoms with E-state index in [-0.39, 0.29) is 42.1 Å². The van der Waals surface area contributed by atoms with Crippen LogP contribution in [0.1, 0.15) is 0 Å². The van der Waals surface area contributed by atoms with Crippen molar-refractivity contribution in [2.24, 2.45) is 28.2 Å². The second-order valence-electron chi connectivity index (χ2n) is 11.6. The molecule has 2 aromatic carbocycles. The Hall–Kier alpha value is -5.18. The summed E-state index contributed by atoms with van der Waals surface area (Å²) in [6.45, 7) is 0. The van der Waals surface area contributed by atoms with Crippen molar-refractivity contribution in [3.8, 4) is 45.7 Å². The largest absolute Gasteiger partial charge is 2.00 e. The zero-order chi connectivity index (χ0) is 32.5. The Kier molecular flexibility index (Phi) is 8.62. The number of rotatable bonds is 4. The minimum Gasteiger partial charge on any atom is -0.522 e. The van der Waals surface area contributed by atoms with Crippen molar-refractivity contribution in [3.63, 3.8) is 0 Å². The Morgan fingerprint density at radius 1 is 0.560 bits per heavy atom. The molecule has 0 unspecified atom stereocenters. The van der Waals surface area contributed by atoms with Gasteiger partial charge in [-0.2, -0.15) is 0 Å². The first-order valence-corrected chi connectivity index (χ1v) is 14.9. The van der Waals surface area contributed by atoms with E-state index >= 15 is 0 Å². The number of hydrogen-bond donors (Lipinski definition) is 0. The Balaban J connectivity index is 0.000000151. The zero-order valence-electron chi connectivity index (χ0n) is 26.8. The summed E-state index contributed by atoms with van der Waals surface area (Å²) in [4.78, 5) is 17.3. The van der Waals surface area contributed by atoms with Crippen LogP contribution < -0.4 is 0 Å². The standard InChI is InChI=1S/2C18H12N4O2.2Pt/c2*1-21-7-15(20-10-21)14-9-23-16-5-11-8-24-17(12(11)6-13(14)16)18-19-3-4-22(18)2;;/h2*4-5,7-10H,1-2H3;;/q2*-2;2*+2. The predicted molar refractivity (Wildman–Crippen MR) is 176 cm³/mol. The fourth-order valence-electron chi connectivity index (χ4n) is 5.83. The van der Waals surface area contributed by atoms with Gasteiger partial charge in [0.2, 0.25) is 0 Å². The average Bonchev–Trinajstić information content (AvgIpc) is 3.91. The number of aromatic nitrogens is 8. The van der Waals surface area contributed by atoms with Crippen LogP contribution in [-0.4, -0.2) is 38.2 Å². The molecule has 10 rings (SSSR count). The molecular formula is C36H24N8O4Pt2. The molecule has 0 radical (unpaired) electrons. The van der Waals surface area contributed by atoms with Crippen LogP contribution in [0.25, 0.3) is 89.2 Å². The minimum absolute atomic E-state index is 0. The molecule has 252 valence electrons. The van der Waals surface area contributed by atoms with Gasteiger partial charge in [0.25, 0.3) is 0 Å². The van der Waals surface area contributed by atoms with E-state index in [1.54, 1.807) is 50.1 Å². The van der Waals surface area contributed by atoms with E-state index < -0.39 is 0 Å². The first-order chi connectivity index (χ1) is 23.4. The smallest absolute Gasteiger partial charge is 0.522 e. The zero-order valence-corrected chi connectivity index (χ0v) is 31.3. The van der Waals surface area contributed by atoms with Crippen LogP contribution >= 0.6 is 0 Å². The molecule has 14 heteroatoms. The maximum absolute atomic E-state index is 5.73. The summed E-state index contributed by atoms with van der Waals surface area (Å²) in [7, 11) is 7.69. The number of fused-ring (bicyclic) bond motifs is 4. The molecule has 0 amide bonds. The van der Waals surface area contributed by atoms with Crippen molar-refractivity contribution in [2.45, 2.75) is 0 Å². The van der Waals surface area contributed by atoms with Gasteiger partial charge in [-0.15, -0.1) is 24.5 Å². The van der Waals surface area contributed by atoms with Gasteiger partial charge in [-0.05, 0) is 36.9 Å². The second kappa shape index (κ2) is 12.9. The molecule has 50 heavy (non-hydrogen) atoms. The SMILES string of the molecule is Cn1cnc(-c2coc3cc4coc(-c5n[c-]cn5C)c4[c-]c23)c1.Cn1cnc(-c2coc3cc4coc(-c5n[c-]cn5C)c4[c-]c23)c1.[Pt+2].[Pt+2]. The van der Waals surface area contributed by atoms with E-state index in [1.807, 2.05) is 71.0 Å². The molecule has 0 N–H and O–H groups in total. The molecule has 8 aromatic heterocycles. The Labute approximate surface area is 312 Å². The number of hydrogen-bond acceptors (Lipinski definition) is 8. The molecule has 0 saturated heterocycles. The Morgan fingerprint density at radius 3 is 1.36 bits per heavy atom. The molecule has 0 fully saturated rings. The number of imidazole rings is 4. The Bertz CT molecular complexity index is 2580. The number of furan rings is 4. The number of nitrogens with zero attached hydrogens (tertiary/aromatic N) is 8. The molecule has 0 aliphatic carbocycles.